The van der Waals surface area contributed by atoms with Gasteiger partial charge in [0.2, 0.25) is 11.8 Å². The van der Waals surface area contributed by atoms with E-state index < -0.39 is 0 Å². The number of hydrogen-bond acceptors (Lipinski definition) is 3. The van der Waals surface area contributed by atoms with Gasteiger partial charge in [-0.05, 0) is 64.5 Å². The van der Waals surface area contributed by atoms with Crippen molar-refractivity contribution in [2.75, 3.05) is 39.3 Å². The van der Waals surface area contributed by atoms with Crippen molar-refractivity contribution in [3.8, 4) is 0 Å². The van der Waals surface area contributed by atoms with Gasteiger partial charge in [0, 0.05) is 38.1 Å². The van der Waals surface area contributed by atoms with Crippen LogP contribution in [-0.2, 0) is 9.59 Å². The summed E-state index contributed by atoms with van der Waals surface area (Å²) < 4.78 is 0. The summed E-state index contributed by atoms with van der Waals surface area (Å²) in [5.41, 5.74) is 3.94. The van der Waals surface area contributed by atoms with E-state index in [-0.39, 0.29) is 11.8 Å². The van der Waals surface area contributed by atoms with Crippen LogP contribution in [0.5, 0.6) is 0 Å². The largest absolute Gasteiger partial charge is 0.342 e. The predicted octanol–water partition coefficient (Wildman–Crippen LogP) is 4.08. The highest BCUT2D eigenvalue weighted by Gasteiger charge is 2.33. The molecule has 1 atom stereocenters. The molecule has 1 aromatic carbocycles. The van der Waals surface area contributed by atoms with Gasteiger partial charge in [-0.3, -0.25) is 14.5 Å². The van der Waals surface area contributed by atoms with Crippen molar-refractivity contribution in [3.05, 3.63) is 34.9 Å². The summed E-state index contributed by atoms with van der Waals surface area (Å²) in [6.07, 6.45) is 8.69. The number of amides is 2. The molecule has 0 aliphatic carbocycles. The lowest BCUT2D eigenvalue weighted by molar-refractivity contribution is -0.141. The molecule has 0 aromatic heterocycles. The highest BCUT2D eigenvalue weighted by atomic mass is 16.2. The van der Waals surface area contributed by atoms with Gasteiger partial charge in [0.15, 0.2) is 0 Å². The molecule has 4 rings (SSSR count). The van der Waals surface area contributed by atoms with Gasteiger partial charge in [0.1, 0.15) is 0 Å². The van der Waals surface area contributed by atoms with Crippen LogP contribution in [0.4, 0.5) is 0 Å². The standard InChI is InChI=1S/C26H39N3O2/c1-20-16-21(2)18-23(17-20)24-8-7-13-29(24)19-25(30)27-14-9-22(10-15-27)26(31)28-11-5-3-4-6-12-28/h16-18,22,24H,3-15,19H2,1-2H3. The van der Waals surface area contributed by atoms with Gasteiger partial charge in [-0.15, -0.1) is 0 Å². The maximum absolute atomic E-state index is 13.1. The van der Waals surface area contributed by atoms with Crippen LogP contribution >= 0.6 is 0 Å². The number of rotatable bonds is 4. The molecule has 0 bridgehead atoms. The van der Waals surface area contributed by atoms with Gasteiger partial charge < -0.3 is 9.80 Å². The molecule has 0 spiro atoms. The molecule has 1 aromatic rings. The normalized spacial score (nSPS) is 23.7. The molecule has 170 valence electrons. The van der Waals surface area contributed by atoms with E-state index in [1.807, 2.05) is 4.90 Å². The molecule has 3 saturated heterocycles. The minimum Gasteiger partial charge on any atom is -0.342 e. The van der Waals surface area contributed by atoms with Crippen LogP contribution in [0.1, 0.15) is 74.1 Å². The third-order valence-corrected chi connectivity index (χ3v) is 7.45. The summed E-state index contributed by atoms with van der Waals surface area (Å²) in [5.74, 6) is 0.678. The van der Waals surface area contributed by atoms with Crippen LogP contribution in [0.25, 0.3) is 0 Å². The highest BCUT2D eigenvalue weighted by Crippen LogP contribution is 2.33. The Kier molecular flexibility index (Phi) is 7.31. The summed E-state index contributed by atoms with van der Waals surface area (Å²) in [6, 6.07) is 7.12. The SMILES string of the molecule is Cc1cc(C)cc(C2CCCN2CC(=O)N2CCC(C(=O)N3CCCCCC3)CC2)c1. The number of carbonyl (C=O) groups excluding carboxylic acids is 2. The van der Waals surface area contributed by atoms with Gasteiger partial charge in [-0.25, -0.2) is 0 Å². The van der Waals surface area contributed by atoms with Crippen LogP contribution in [0.3, 0.4) is 0 Å². The number of nitrogens with zero attached hydrogens (tertiary/aromatic N) is 3. The zero-order valence-corrected chi connectivity index (χ0v) is 19.4. The molecule has 5 heteroatoms. The first-order chi connectivity index (χ1) is 15.0. The van der Waals surface area contributed by atoms with Crippen LogP contribution in [0.15, 0.2) is 18.2 Å². The molecule has 3 aliphatic heterocycles. The van der Waals surface area contributed by atoms with E-state index in [4.69, 9.17) is 0 Å². The van der Waals surface area contributed by atoms with E-state index in [1.165, 1.54) is 29.5 Å². The Morgan fingerprint density at radius 2 is 1.42 bits per heavy atom. The van der Waals surface area contributed by atoms with Gasteiger partial charge in [0.25, 0.3) is 0 Å². The summed E-state index contributed by atoms with van der Waals surface area (Å²) in [6.45, 7) is 9.10. The minimum atomic E-state index is 0.108. The van der Waals surface area contributed by atoms with E-state index in [9.17, 15) is 9.59 Å². The topological polar surface area (TPSA) is 43.9 Å². The lowest BCUT2D eigenvalue weighted by atomic mass is 9.95. The average Bonchev–Trinajstić information content (AvgIpc) is 3.04. The van der Waals surface area contributed by atoms with Crippen molar-refractivity contribution in [2.24, 2.45) is 5.92 Å². The number of benzene rings is 1. The fraction of sp³-hybridized carbons (Fsp3) is 0.692. The molecule has 2 amide bonds. The minimum absolute atomic E-state index is 0.108. The Labute approximate surface area is 187 Å². The predicted molar refractivity (Wildman–Crippen MR) is 124 cm³/mol. The summed E-state index contributed by atoms with van der Waals surface area (Å²) in [4.78, 5) is 32.5. The molecule has 3 aliphatic rings. The van der Waals surface area contributed by atoms with Gasteiger partial charge >= 0.3 is 0 Å². The Morgan fingerprint density at radius 1 is 0.774 bits per heavy atom. The number of aryl methyl sites for hydroxylation is 2. The first-order valence-corrected chi connectivity index (χ1v) is 12.4. The first-order valence-electron chi connectivity index (χ1n) is 12.4. The Bertz CT molecular complexity index is 757. The number of piperidine rings is 1. The van der Waals surface area contributed by atoms with Crippen LogP contribution in [0.2, 0.25) is 0 Å². The second-order valence-corrected chi connectivity index (χ2v) is 9.94. The van der Waals surface area contributed by atoms with Gasteiger partial charge in [-0.1, -0.05) is 42.2 Å². The molecule has 1 unspecified atom stereocenters. The quantitative estimate of drug-likeness (QED) is 0.730. The molecule has 0 N–H and O–H groups in total. The van der Waals surface area contributed by atoms with E-state index in [1.54, 1.807) is 0 Å². The van der Waals surface area contributed by atoms with E-state index >= 15 is 0 Å². The Balaban J connectivity index is 1.30. The number of likely N-dealkylation sites (tertiary alicyclic amines) is 3. The van der Waals surface area contributed by atoms with Crippen molar-refractivity contribution in [2.45, 2.75) is 71.3 Å². The third-order valence-electron chi connectivity index (χ3n) is 7.45. The first kappa shape index (κ1) is 22.3. The molecule has 5 nitrogen and oxygen atoms in total. The van der Waals surface area contributed by atoms with Gasteiger partial charge in [-0.2, -0.15) is 0 Å². The average molecular weight is 426 g/mol. The second-order valence-electron chi connectivity index (χ2n) is 9.94. The molecule has 3 fully saturated rings. The van der Waals surface area contributed by atoms with Crippen molar-refractivity contribution in [1.29, 1.82) is 0 Å². The van der Waals surface area contributed by atoms with Crippen molar-refractivity contribution in [3.63, 3.8) is 0 Å². The lowest BCUT2D eigenvalue weighted by Crippen LogP contribution is -2.47. The van der Waals surface area contributed by atoms with E-state index in [0.29, 0.717) is 18.5 Å². The van der Waals surface area contributed by atoms with Crippen LogP contribution in [0, 0.1) is 19.8 Å². The van der Waals surface area contributed by atoms with E-state index in [0.717, 1.165) is 71.2 Å². The molecular weight excluding hydrogens is 386 g/mol. The van der Waals surface area contributed by atoms with Crippen molar-refractivity contribution < 1.29 is 9.59 Å². The van der Waals surface area contributed by atoms with Crippen LogP contribution < -0.4 is 0 Å². The molecule has 31 heavy (non-hydrogen) atoms. The fourth-order valence-corrected chi connectivity index (χ4v) is 5.79. The monoisotopic (exact) mass is 425 g/mol. The van der Waals surface area contributed by atoms with Gasteiger partial charge in [0.05, 0.1) is 6.54 Å². The molecule has 0 radical (unpaired) electrons. The Hall–Kier alpha value is -1.88. The highest BCUT2D eigenvalue weighted by molar-refractivity contribution is 5.81. The van der Waals surface area contributed by atoms with Crippen molar-refractivity contribution >= 4 is 11.8 Å². The summed E-state index contributed by atoms with van der Waals surface area (Å²) in [5, 5.41) is 0. The Morgan fingerprint density at radius 3 is 2.06 bits per heavy atom. The zero-order chi connectivity index (χ0) is 21.8. The lowest BCUT2D eigenvalue weighted by Gasteiger charge is -2.35. The summed E-state index contributed by atoms with van der Waals surface area (Å²) >= 11 is 0. The van der Waals surface area contributed by atoms with E-state index in [2.05, 4.69) is 41.8 Å². The molecule has 0 saturated carbocycles. The number of carbonyl (C=O) groups is 2. The summed E-state index contributed by atoms with van der Waals surface area (Å²) in [7, 11) is 0. The molecular formula is C26H39N3O2. The number of hydrogen-bond donors (Lipinski definition) is 0. The maximum Gasteiger partial charge on any atom is 0.236 e. The third kappa shape index (κ3) is 5.49. The molecule has 3 heterocycles. The fourth-order valence-electron chi connectivity index (χ4n) is 5.79. The van der Waals surface area contributed by atoms with Crippen molar-refractivity contribution in [1.82, 2.24) is 14.7 Å². The maximum atomic E-state index is 13.1. The second kappa shape index (κ2) is 10.2. The van der Waals surface area contributed by atoms with Crippen LogP contribution in [-0.4, -0.2) is 65.8 Å². The zero-order valence-electron chi connectivity index (χ0n) is 19.4. The smallest absolute Gasteiger partial charge is 0.236 e.